The van der Waals surface area contributed by atoms with Crippen LogP contribution in [0.4, 0.5) is 0 Å². The van der Waals surface area contributed by atoms with Crippen LogP contribution in [0.1, 0.15) is 126 Å². The maximum Gasteiger partial charge on any atom is 0.133 e. The maximum atomic E-state index is 11.5. The van der Waals surface area contributed by atoms with E-state index in [4.69, 9.17) is 0 Å². The number of hydrogen-bond acceptors (Lipinski definition) is 3. The summed E-state index contributed by atoms with van der Waals surface area (Å²) in [5.74, 6) is 2.40. The second kappa shape index (κ2) is 19.3. The second-order valence-corrected chi connectivity index (χ2v) is 8.47. The fourth-order valence-electron chi connectivity index (χ4n) is 3.45. The van der Waals surface area contributed by atoms with Gasteiger partial charge in [-0.15, -0.1) is 0 Å². The fraction of sp³-hybridized carbons (Fsp3) is 0.880. The number of hydrogen-bond donors (Lipinski definition) is 0. The van der Waals surface area contributed by atoms with E-state index in [0.717, 1.165) is 12.8 Å². The first-order valence-electron chi connectivity index (χ1n) is 11.7. The first kappa shape index (κ1) is 29.2. The van der Waals surface area contributed by atoms with E-state index >= 15 is 0 Å². The highest BCUT2D eigenvalue weighted by Gasteiger charge is 2.26. The third-order valence-electron chi connectivity index (χ3n) is 5.79. The van der Waals surface area contributed by atoms with Gasteiger partial charge in [-0.1, -0.05) is 72.6 Å². The van der Waals surface area contributed by atoms with Crippen molar-refractivity contribution in [3.05, 3.63) is 0 Å². The third kappa shape index (κ3) is 17.1. The van der Waals surface area contributed by atoms with Crippen LogP contribution in [-0.4, -0.2) is 17.3 Å². The van der Waals surface area contributed by atoms with Crippen LogP contribution in [0.15, 0.2) is 0 Å². The van der Waals surface area contributed by atoms with E-state index in [1.54, 1.807) is 20.8 Å². The van der Waals surface area contributed by atoms with Gasteiger partial charge in [-0.25, -0.2) is 0 Å². The normalized spacial score (nSPS) is 16.0. The molecule has 2 unspecified atom stereocenters. The Hall–Kier alpha value is -0.990. The highest BCUT2D eigenvalue weighted by Crippen LogP contribution is 2.33. The van der Waals surface area contributed by atoms with Gasteiger partial charge in [-0.2, -0.15) is 0 Å². The van der Waals surface area contributed by atoms with E-state index in [2.05, 4.69) is 13.8 Å². The van der Waals surface area contributed by atoms with Crippen molar-refractivity contribution in [3.63, 3.8) is 0 Å². The molecule has 1 saturated carbocycles. The molecule has 2 atom stereocenters. The zero-order valence-corrected chi connectivity index (χ0v) is 19.9. The predicted molar refractivity (Wildman–Crippen MR) is 121 cm³/mol. The van der Waals surface area contributed by atoms with Gasteiger partial charge in [0.1, 0.15) is 17.3 Å². The van der Waals surface area contributed by atoms with Gasteiger partial charge in [-0.3, -0.25) is 9.59 Å². The van der Waals surface area contributed by atoms with Crippen molar-refractivity contribution < 1.29 is 14.4 Å². The van der Waals surface area contributed by atoms with Crippen molar-refractivity contribution in [2.45, 2.75) is 126 Å². The largest absolute Gasteiger partial charge is 0.300 e. The van der Waals surface area contributed by atoms with Crippen LogP contribution >= 0.6 is 0 Å². The van der Waals surface area contributed by atoms with Crippen LogP contribution in [0.25, 0.3) is 0 Å². The summed E-state index contributed by atoms with van der Waals surface area (Å²) in [5.41, 5.74) is 0. The molecule has 0 spiro atoms. The summed E-state index contributed by atoms with van der Waals surface area (Å²) >= 11 is 0. The van der Waals surface area contributed by atoms with Crippen molar-refractivity contribution in [2.75, 3.05) is 0 Å². The Kier molecular flexibility index (Phi) is 20.2. The Labute approximate surface area is 175 Å². The Morgan fingerprint density at radius 3 is 1.61 bits per heavy atom. The van der Waals surface area contributed by atoms with Crippen molar-refractivity contribution in [3.8, 4) is 0 Å². The smallest absolute Gasteiger partial charge is 0.133 e. The molecule has 1 rings (SSSR count). The molecule has 166 valence electrons. The first-order valence-corrected chi connectivity index (χ1v) is 11.7. The molecule has 0 aromatic carbocycles. The van der Waals surface area contributed by atoms with Gasteiger partial charge in [0, 0.05) is 18.3 Å². The molecule has 0 radical (unpaired) electrons. The number of carbonyl (C=O) groups excluding carboxylic acids is 3. The number of unbranched alkanes of at least 4 members (excludes halogenated alkanes) is 2. The summed E-state index contributed by atoms with van der Waals surface area (Å²) < 4.78 is 0. The van der Waals surface area contributed by atoms with E-state index in [9.17, 15) is 14.4 Å². The standard InChI is InChI=1S/C13H24O.C8H16O.C4H8O/c1-3-4-10-13(11(2)14)12-8-6-5-7-9-12;1-4-5-6-7(2)8(3)9;1-3-4(2)5/h12-13H,3-10H2,1-2H3;7H,4-6H2,1-3H3;3H2,1-2H3. The summed E-state index contributed by atoms with van der Waals surface area (Å²) in [7, 11) is 0. The zero-order valence-electron chi connectivity index (χ0n) is 19.9. The Balaban J connectivity index is 0. The van der Waals surface area contributed by atoms with Gasteiger partial charge in [-0.05, 0) is 52.4 Å². The van der Waals surface area contributed by atoms with Crippen molar-refractivity contribution in [1.82, 2.24) is 0 Å². The quantitative estimate of drug-likeness (QED) is 0.388. The summed E-state index contributed by atoms with van der Waals surface area (Å²) in [6, 6.07) is 0. The lowest BCUT2D eigenvalue weighted by Crippen LogP contribution is -2.24. The topological polar surface area (TPSA) is 51.2 Å². The number of ketones is 3. The molecule has 3 nitrogen and oxygen atoms in total. The molecule has 28 heavy (non-hydrogen) atoms. The minimum atomic E-state index is 0.255. The van der Waals surface area contributed by atoms with Gasteiger partial charge in [0.25, 0.3) is 0 Å². The molecule has 0 amide bonds. The van der Waals surface area contributed by atoms with Crippen LogP contribution in [0, 0.1) is 17.8 Å². The van der Waals surface area contributed by atoms with Gasteiger partial charge in [0.05, 0.1) is 0 Å². The third-order valence-corrected chi connectivity index (χ3v) is 5.79. The maximum absolute atomic E-state index is 11.5. The first-order chi connectivity index (χ1) is 13.2. The molecular weight excluding hydrogens is 348 g/mol. The average Bonchev–Trinajstić information content (AvgIpc) is 2.67. The molecule has 0 bridgehead atoms. The molecule has 3 heteroatoms. The summed E-state index contributed by atoms with van der Waals surface area (Å²) in [6.07, 6.45) is 14.4. The molecular formula is C25H48O3. The summed E-state index contributed by atoms with van der Waals surface area (Å²) in [5, 5.41) is 0. The Morgan fingerprint density at radius 2 is 1.25 bits per heavy atom. The molecule has 0 aromatic heterocycles. The molecule has 0 aromatic rings. The van der Waals surface area contributed by atoms with Gasteiger partial charge < -0.3 is 4.79 Å². The summed E-state index contributed by atoms with van der Waals surface area (Å²) in [4.78, 5) is 32.0. The van der Waals surface area contributed by atoms with Gasteiger partial charge >= 0.3 is 0 Å². The minimum absolute atomic E-state index is 0.255. The van der Waals surface area contributed by atoms with Crippen molar-refractivity contribution >= 4 is 17.3 Å². The van der Waals surface area contributed by atoms with Crippen LogP contribution in [0.3, 0.4) is 0 Å². The van der Waals surface area contributed by atoms with Gasteiger partial charge in [0.15, 0.2) is 0 Å². The van der Waals surface area contributed by atoms with E-state index < -0.39 is 0 Å². The summed E-state index contributed by atoms with van der Waals surface area (Å²) in [6.45, 7) is 13.2. The van der Waals surface area contributed by atoms with Crippen LogP contribution < -0.4 is 0 Å². The van der Waals surface area contributed by atoms with Crippen LogP contribution in [-0.2, 0) is 14.4 Å². The monoisotopic (exact) mass is 396 g/mol. The average molecular weight is 397 g/mol. The van der Waals surface area contributed by atoms with Gasteiger partial charge in [0.2, 0.25) is 0 Å². The highest BCUT2D eigenvalue weighted by atomic mass is 16.1. The molecule has 0 saturated heterocycles. The van der Waals surface area contributed by atoms with E-state index in [1.165, 1.54) is 57.8 Å². The SMILES string of the molecule is CCC(C)=O.CCCCC(C(C)=O)C1CCCCC1.CCCCC(C)C(C)=O. The lowest BCUT2D eigenvalue weighted by atomic mass is 9.76. The minimum Gasteiger partial charge on any atom is -0.300 e. The highest BCUT2D eigenvalue weighted by molar-refractivity contribution is 5.78. The molecule has 0 heterocycles. The van der Waals surface area contributed by atoms with E-state index in [1.807, 2.05) is 13.8 Å². The number of rotatable bonds is 10. The second-order valence-electron chi connectivity index (χ2n) is 8.47. The predicted octanol–water partition coefficient (Wildman–Crippen LogP) is 7.35. The van der Waals surface area contributed by atoms with E-state index in [0.29, 0.717) is 29.8 Å². The molecule has 1 aliphatic carbocycles. The lowest BCUT2D eigenvalue weighted by Gasteiger charge is -2.28. The molecule has 1 aliphatic rings. The molecule has 1 fully saturated rings. The fourth-order valence-corrected chi connectivity index (χ4v) is 3.45. The van der Waals surface area contributed by atoms with Crippen molar-refractivity contribution in [1.29, 1.82) is 0 Å². The van der Waals surface area contributed by atoms with E-state index in [-0.39, 0.29) is 11.7 Å². The lowest BCUT2D eigenvalue weighted by molar-refractivity contribution is -0.123. The molecule has 0 N–H and O–H groups in total. The number of carbonyl (C=O) groups is 3. The Bertz CT molecular complexity index is 408. The zero-order chi connectivity index (χ0) is 21.9. The van der Waals surface area contributed by atoms with Crippen LogP contribution in [0.2, 0.25) is 0 Å². The van der Waals surface area contributed by atoms with Crippen LogP contribution in [0.5, 0.6) is 0 Å². The Morgan fingerprint density at radius 1 is 0.786 bits per heavy atom. The van der Waals surface area contributed by atoms with Crippen molar-refractivity contribution in [2.24, 2.45) is 17.8 Å². The molecule has 0 aliphatic heterocycles. The number of Topliss-reactive ketones (excluding diaryl/α,β-unsaturated/α-hetero) is 3.